The molecular weight excluding hydrogens is 312 g/mol. The van der Waals surface area contributed by atoms with Crippen molar-refractivity contribution in [1.82, 2.24) is 4.90 Å². The number of fused-ring (bicyclic) bond motifs is 1. The van der Waals surface area contributed by atoms with E-state index in [2.05, 4.69) is 10.2 Å². The van der Waals surface area contributed by atoms with Gasteiger partial charge in [0.25, 0.3) is 0 Å². The largest absolute Gasteiger partial charge is 0.492 e. The van der Waals surface area contributed by atoms with Crippen LogP contribution in [0.1, 0.15) is 12.5 Å². The number of anilines is 1. The number of para-hydroxylation sites is 1. The van der Waals surface area contributed by atoms with Gasteiger partial charge in [-0.25, -0.2) is 0 Å². The van der Waals surface area contributed by atoms with E-state index in [0.29, 0.717) is 24.7 Å². The predicted octanol–water partition coefficient (Wildman–Crippen LogP) is 3.56. The van der Waals surface area contributed by atoms with Gasteiger partial charge in [0.1, 0.15) is 12.4 Å². The Bertz CT molecular complexity index is 691. The lowest BCUT2D eigenvalue weighted by atomic mass is 10.1. The zero-order valence-corrected chi connectivity index (χ0v) is 13.7. The van der Waals surface area contributed by atoms with Crippen LogP contribution in [0.5, 0.6) is 5.75 Å². The van der Waals surface area contributed by atoms with Crippen LogP contribution in [0.25, 0.3) is 0 Å². The minimum Gasteiger partial charge on any atom is -0.492 e. The summed E-state index contributed by atoms with van der Waals surface area (Å²) in [7, 11) is 0. The molecule has 120 valence electrons. The van der Waals surface area contributed by atoms with Crippen molar-refractivity contribution in [3.8, 4) is 5.75 Å². The first-order valence-electron chi connectivity index (χ1n) is 7.64. The molecule has 0 radical (unpaired) electrons. The summed E-state index contributed by atoms with van der Waals surface area (Å²) in [4.78, 5) is 14.6. The summed E-state index contributed by atoms with van der Waals surface area (Å²) >= 11 is 6.07. The van der Waals surface area contributed by atoms with E-state index < -0.39 is 0 Å². The van der Waals surface area contributed by atoms with Crippen LogP contribution in [0.15, 0.2) is 48.5 Å². The van der Waals surface area contributed by atoms with Gasteiger partial charge in [0.15, 0.2) is 0 Å². The average Bonchev–Trinajstić information content (AvgIpc) is 2.76. The SMILES string of the molecule is C[C@H](C(=O)Nc1ccccc1)N1CCOc2ccc(Cl)cc2C1. The van der Waals surface area contributed by atoms with Gasteiger partial charge < -0.3 is 10.1 Å². The second-order valence-electron chi connectivity index (χ2n) is 5.60. The number of amides is 1. The Hall–Kier alpha value is -2.04. The molecular formula is C18H19ClN2O2. The molecule has 2 aromatic rings. The number of benzene rings is 2. The first-order chi connectivity index (χ1) is 11.1. The van der Waals surface area contributed by atoms with Crippen molar-refractivity contribution in [3.63, 3.8) is 0 Å². The third-order valence-electron chi connectivity index (χ3n) is 4.00. The second kappa shape index (κ2) is 7.02. The number of nitrogens with zero attached hydrogens (tertiary/aromatic N) is 1. The topological polar surface area (TPSA) is 41.6 Å². The van der Waals surface area contributed by atoms with Gasteiger partial charge in [-0.2, -0.15) is 0 Å². The van der Waals surface area contributed by atoms with Crippen molar-refractivity contribution in [2.75, 3.05) is 18.5 Å². The fraction of sp³-hybridized carbons (Fsp3) is 0.278. The number of hydrogen-bond acceptors (Lipinski definition) is 3. The van der Waals surface area contributed by atoms with Gasteiger partial charge in [-0.3, -0.25) is 9.69 Å². The summed E-state index contributed by atoms with van der Waals surface area (Å²) in [6, 6.07) is 14.8. The number of rotatable bonds is 3. The first kappa shape index (κ1) is 15.8. The van der Waals surface area contributed by atoms with E-state index in [1.807, 2.05) is 55.5 Å². The standard InChI is InChI=1S/C18H19ClN2O2/c1-13(18(22)20-16-5-3-2-4-6-16)21-9-10-23-17-8-7-15(19)11-14(17)12-21/h2-8,11,13H,9-10,12H2,1H3,(H,20,22)/t13-/m1/s1. The highest BCUT2D eigenvalue weighted by Gasteiger charge is 2.24. The zero-order valence-electron chi connectivity index (χ0n) is 13.0. The fourth-order valence-electron chi connectivity index (χ4n) is 2.65. The molecule has 0 aromatic heterocycles. The molecule has 1 aliphatic heterocycles. The van der Waals surface area contributed by atoms with Crippen LogP contribution in [0, 0.1) is 0 Å². The summed E-state index contributed by atoms with van der Waals surface area (Å²) in [6.45, 7) is 3.79. The summed E-state index contributed by atoms with van der Waals surface area (Å²) < 4.78 is 5.75. The Morgan fingerprint density at radius 2 is 2.04 bits per heavy atom. The van der Waals surface area contributed by atoms with E-state index in [9.17, 15) is 4.79 Å². The molecule has 1 heterocycles. The molecule has 0 unspecified atom stereocenters. The van der Waals surface area contributed by atoms with E-state index >= 15 is 0 Å². The summed E-state index contributed by atoms with van der Waals surface area (Å²) in [5.74, 6) is 0.814. The summed E-state index contributed by atoms with van der Waals surface area (Å²) in [5.41, 5.74) is 1.81. The smallest absolute Gasteiger partial charge is 0.241 e. The molecule has 4 nitrogen and oxygen atoms in total. The molecule has 0 saturated heterocycles. The Labute approximate surface area is 141 Å². The van der Waals surface area contributed by atoms with E-state index in [1.54, 1.807) is 0 Å². The van der Waals surface area contributed by atoms with Gasteiger partial charge >= 0.3 is 0 Å². The lowest BCUT2D eigenvalue weighted by molar-refractivity contribution is -0.121. The zero-order chi connectivity index (χ0) is 16.2. The van der Waals surface area contributed by atoms with E-state index in [4.69, 9.17) is 16.3 Å². The van der Waals surface area contributed by atoms with Gasteiger partial charge in [0.05, 0.1) is 6.04 Å². The van der Waals surface area contributed by atoms with Crippen molar-refractivity contribution in [1.29, 1.82) is 0 Å². The number of carbonyl (C=O) groups is 1. The second-order valence-corrected chi connectivity index (χ2v) is 6.04. The predicted molar refractivity (Wildman–Crippen MR) is 91.9 cm³/mol. The maximum Gasteiger partial charge on any atom is 0.241 e. The molecule has 0 aliphatic carbocycles. The maximum absolute atomic E-state index is 12.5. The lowest BCUT2D eigenvalue weighted by Gasteiger charge is -2.26. The molecule has 5 heteroatoms. The lowest BCUT2D eigenvalue weighted by Crippen LogP contribution is -2.42. The number of nitrogens with one attached hydrogen (secondary N) is 1. The van der Waals surface area contributed by atoms with Crippen LogP contribution in [-0.4, -0.2) is 30.0 Å². The molecule has 23 heavy (non-hydrogen) atoms. The number of carbonyl (C=O) groups excluding carboxylic acids is 1. The minimum atomic E-state index is -0.260. The van der Waals surface area contributed by atoms with Gasteiger partial charge in [-0.15, -0.1) is 0 Å². The summed E-state index contributed by atoms with van der Waals surface area (Å²) in [6.07, 6.45) is 0. The van der Waals surface area contributed by atoms with Crippen molar-refractivity contribution in [2.45, 2.75) is 19.5 Å². The van der Waals surface area contributed by atoms with Crippen molar-refractivity contribution in [2.24, 2.45) is 0 Å². The third kappa shape index (κ3) is 3.84. The number of halogens is 1. The molecule has 1 aliphatic rings. The van der Waals surface area contributed by atoms with Gasteiger partial charge in [0.2, 0.25) is 5.91 Å². The molecule has 0 bridgehead atoms. The molecule has 0 spiro atoms. The van der Waals surface area contributed by atoms with Crippen LogP contribution in [0.2, 0.25) is 5.02 Å². The number of ether oxygens (including phenoxy) is 1. The Morgan fingerprint density at radius 3 is 2.83 bits per heavy atom. The maximum atomic E-state index is 12.5. The van der Waals surface area contributed by atoms with Crippen molar-refractivity contribution >= 4 is 23.2 Å². The van der Waals surface area contributed by atoms with Crippen LogP contribution in [0.3, 0.4) is 0 Å². The van der Waals surface area contributed by atoms with Crippen LogP contribution in [0.4, 0.5) is 5.69 Å². The summed E-state index contributed by atoms with van der Waals surface area (Å²) in [5, 5.41) is 3.62. The Kier molecular flexibility index (Phi) is 4.84. The Morgan fingerprint density at radius 1 is 1.26 bits per heavy atom. The minimum absolute atomic E-state index is 0.0262. The number of hydrogen-bond donors (Lipinski definition) is 1. The van der Waals surface area contributed by atoms with E-state index in [1.165, 1.54) is 0 Å². The van der Waals surface area contributed by atoms with Crippen LogP contribution < -0.4 is 10.1 Å². The molecule has 1 amide bonds. The molecule has 3 rings (SSSR count). The highest BCUT2D eigenvalue weighted by Crippen LogP contribution is 2.27. The van der Waals surface area contributed by atoms with Gasteiger partial charge in [0, 0.05) is 29.4 Å². The first-order valence-corrected chi connectivity index (χ1v) is 8.02. The highest BCUT2D eigenvalue weighted by molar-refractivity contribution is 6.30. The molecule has 1 N–H and O–H groups in total. The molecule has 0 saturated carbocycles. The van der Waals surface area contributed by atoms with Crippen LogP contribution in [-0.2, 0) is 11.3 Å². The van der Waals surface area contributed by atoms with E-state index in [-0.39, 0.29) is 11.9 Å². The molecule has 2 aromatic carbocycles. The van der Waals surface area contributed by atoms with Crippen molar-refractivity contribution in [3.05, 3.63) is 59.1 Å². The van der Waals surface area contributed by atoms with Crippen molar-refractivity contribution < 1.29 is 9.53 Å². The monoisotopic (exact) mass is 330 g/mol. The normalized spacial score (nSPS) is 15.9. The molecule has 1 atom stereocenters. The Balaban J connectivity index is 1.71. The van der Waals surface area contributed by atoms with E-state index in [0.717, 1.165) is 17.0 Å². The highest BCUT2D eigenvalue weighted by atomic mass is 35.5. The molecule has 0 fully saturated rings. The quantitative estimate of drug-likeness (QED) is 0.935. The van der Waals surface area contributed by atoms with Gasteiger partial charge in [-0.05, 0) is 37.3 Å². The van der Waals surface area contributed by atoms with Crippen LogP contribution >= 0.6 is 11.6 Å². The third-order valence-corrected chi connectivity index (χ3v) is 4.24. The fourth-order valence-corrected chi connectivity index (χ4v) is 2.84. The average molecular weight is 331 g/mol. The van der Waals surface area contributed by atoms with Gasteiger partial charge in [-0.1, -0.05) is 29.8 Å².